The highest BCUT2D eigenvalue weighted by atomic mass is 79.9. The molecule has 5 heteroatoms. The molecule has 1 aliphatic rings. The minimum Gasteiger partial charge on any atom is -0.385 e. The van der Waals surface area contributed by atoms with Crippen molar-refractivity contribution in [3.05, 3.63) is 28.5 Å². The normalized spacial score (nSPS) is 16.3. The van der Waals surface area contributed by atoms with Gasteiger partial charge in [-0.2, -0.15) is 0 Å². The first kappa shape index (κ1) is 13.5. The van der Waals surface area contributed by atoms with Crippen molar-refractivity contribution in [3.63, 3.8) is 0 Å². The maximum absolute atomic E-state index is 11.9. The van der Waals surface area contributed by atoms with Gasteiger partial charge in [0.05, 0.1) is 0 Å². The molecular weight excluding hydrogens is 296 g/mol. The van der Waals surface area contributed by atoms with E-state index in [0.717, 1.165) is 13.0 Å². The Balaban J connectivity index is 1.85. The molecule has 1 N–H and O–H groups in total. The van der Waals surface area contributed by atoms with E-state index in [2.05, 4.69) is 26.2 Å². The van der Waals surface area contributed by atoms with Gasteiger partial charge in [-0.15, -0.1) is 0 Å². The molecule has 0 radical (unpaired) electrons. The molecule has 0 bridgehead atoms. The Morgan fingerprint density at radius 3 is 2.94 bits per heavy atom. The number of nitrogens with zero attached hydrogens (tertiary/aromatic N) is 1. The van der Waals surface area contributed by atoms with Crippen LogP contribution >= 0.6 is 15.9 Å². The Bertz CT molecular complexity index is 433. The standard InChI is InChI=1S/C13H17BrN2O2/c1-18-8-7-13(5-6-13)9-15-12(17)10-3-2-4-11(14)16-10/h2-4H,5-9H2,1H3,(H,15,17). The zero-order valence-electron chi connectivity index (χ0n) is 10.4. The van der Waals surface area contributed by atoms with Gasteiger partial charge in [0.2, 0.25) is 0 Å². The van der Waals surface area contributed by atoms with Gasteiger partial charge in [0.15, 0.2) is 0 Å². The number of ether oxygens (including phenoxy) is 1. The van der Waals surface area contributed by atoms with Gasteiger partial charge in [-0.25, -0.2) is 4.98 Å². The molecule has 0 unspecified atom stereocenters. The highest BCUT2D eigenvalue weighted by Gasteiger charge is 2.42. The van der Waals surface area contributed by atoms with Crippen molar-refractivity contribution in [1.82, 2.24) is 10.3 Å². The molecule has 4 nitrogen and oxygen atoms in total. The van der Waals surface area contributed by atoms with Crippen LogP contribution in [0.15, 0.2) is 22.8 Å². The molecule has 0 aromatic carbocycles. The molecule has 18 heavy (non-hydrogen) atoms. The molecule has 1 aromatic rings. The van der Waals surface area contributed by atoms with Gasteiger partial charge >= 0.3 is 0 Å². The largest absolute Gasteiger partial charge is 0.385 e. The summed E-state index contributed by atoms with van der Waals surface area (Å²) in [5, 5.41) is 2.96. The third-order valence-corrected chi connectivity index (χ3v) is 3.81. The number of hydrogen-bond acceptors (Lipinski definition) is 3. The number of methoxy groups -OCH3 is 1. The zero-order valence-corrected chi connectivity index (χ0v) is 12.0. The van der Waals surface area contributed by atoms with Gasteiger partial charge in [-0.3, -0.25) is 4.79 Å². The van der Waals surface area contributed by atoms with Crippen LogP contribution in [0.25, 0.3) is 0 Å². The van der Waals surface area contributed by atoms with Gasteiger partial charge in [-0.05, 0) is 52.7 Å². The minimum absolute atomic E-state index is 0.111. The second-order valence-corrected chi connectivity index (χ2v) is 5.58. The summed E-state index contributed by atoms with van der Waals surface area (Å²) in [6, 6.07) is 5.33. The lowest BCUT2D eigenvalue weighted by Crippen LogP contribution is -2.31. The van der Waals surface area contributed by atoms with Crippen LogP contribution in [0.3, 0.4) is 0 Å². The number of aromatic nitrogens is 1. The number of amides is 1. The van der Waals surface area contributed by atoms with Crippen LogP contribution < -0.4 is 5.32 Å². The van der Waals surface area contributed by atoms with Gasteiger partial charge < -0.3 is 10.1 Å². The van der Waals surface area contributed by atoms with E-state index in [4.69, 9.17) is 4.74 Å². The Morgan fingerprint density at radius 2 is 2.33 bits per heavy atom. The van der Waals surface area contributed by atoms with E-state index < -0.39 is 0 Å². The molecule has 1 saturated carbocycles. The molecule has 1 aromatic heterocycles. The zero-order chi connectivity index (χ0) is 13.0. The van der Waals surface area contributed by atoms with Gasteiger partial charge in [0.25, 0.3) is 5.91 Å². The van der Waals surface area contributed by atoms with Gasteiger partial charge in [-0.1, -0.05) is 6.07 Å². The number of carbonyl (C=O) groups is 1. The molecule has 0 atom stereocenters. The number of hydrogen-bond donors (Lipinski definition) is 1. The summed E-state index contributed by atoms with van der Waals surface area (Å²) in [7, 11) is 1.71. The number of halogens is 1. The summed E-state index contributed by atoms with van der Waals surface area (Å²) >= 11 is 3.26. The van der Waals surface area contributed by atoms with Crippen LogP contribution in [-0.2, 0) is 4.74 Å². The van der Waals surface area contributed by atoms with Crippen molar-refractivity contribution in [2.45, 2.75) is 19.3 Å². The van der Waals surface area contributed by atoms with Crippen molar-refractivity contribution in [3.8, 4) is 0 Å². The fraction of sp³-hybridized carbons (Fsp3) is 0.538. The number of carbonyl (C=O) groups excluding carboxylic acids is 1. The van der Waals surface area contributed by atoms with E-state index in [9.17, 15) is 4.79 Å². The fourth-order valence-corrected chi connectivity index (χ4v) is 2.25. The van der Waals surface area contributed by atoms with Crippen LogP contribution in [0.5, 0.6) is 0 Å². The van der Waals surface area contributed by atoms with E-state index >= 15 is 0 Å². The Morgan fingerprint density at radius 1 is 1.56 bits per heavy atom. The molecule has 1 fully saturated rings. The summed E-state index contributed by atoms with van der Waals surface area (Å²) < 4.78 is 5.77. The molecule has 2 rings (SSSR count). The molecular formula is C13H17BrN2O2. The number of pyridine rings is 1. The third-order valence-electron chi connectivity index (χ3n) is 3.37. The van der Waals surface area contributed by atoms with Crippen LogP contribution in [0, 0.1) is 5.41 Å². The van der Waals surface area contributed by atoms with Crippen molar-refractivity contribution >= 4 is 21.8 Å². The topological polar surface area (TPSA) is 51.2 Å². The van der Waals surface area contributed by atoms with Gasteiger partial charge in [0, 0.05) is 20.3 Å². The van der Waals surface area contributed by atoms with E-state index in [1.807, 2.05) is 6.07 Å². The van der Waals surface area contributed by atoms with Crippen LogP contribution in [0.4, 0.5) is 0 Å². The van der Waals surface area contributed by atoms with Crippen molar-refractivity contribution in [1.29, 1.82) is 0 Å². The summed E-state index contributed by atoms with van der Waals surface area (Å²) in [6.07, 6.45) is 3.35. The number of nitrogens with one attached hydrogen (secondary N) is 1. The Hall–Kier alpha value is -0.940. The monoisotopic (exact) mass is 312 g/mol. The molecule has 0 saturated heterocycles. The first-order chi connectivity index (χ1) is 8.65. The average Bonchev–Trinajstić information content (AvgIpc) is 3.14. The SMILES string of the molecule is COCCC1(CNC(=O)c2cccc(Br)n2)CC1. The second-order valence-electron chi connectivity index (χ2n) is 4.77. The first-order valence-electron chi connectivity index (χ1n) is 6.05. The van der Waals surface area contributed by atoms with Crippen LogP contribution in [-0.4, -0.2) is 31.2 Å². The van der Waals surface area contributed by atoms with Crippen LogP contribution in [0.1, 0.15) is 29.8 Å². The first-order valence-corrected chi connectivity index (χ1v) is 6.84. The smallest absolute Gasteiger partial charge is 0.269 e. The van der Waals surface area contributed by atoms with E-state index in [0.29, 0.717) is 16.8 Å². The van der Waals surface area contributed by atoms with E-state index in [1.165, 1.54) is 12.8 Å². The Labute approximate surface area is 115 Å². The van der Waals surface area contributed by atoms with Crippen molar-refractivity contribution < 1.29 is 9.53 Å². The maximum Gasteiger partial charge on any atom is 0.269 e. The second kappa shape index (κ2) is 5.80. The van der Waals surface area contributed by atoms with E-state index in [1.54, 1.807) is 19.2 Å². The highest BCUT2D eigenvalue weighted by Crippen LogP contribution is 2.48. The van der Waals surface area contributed by atoms with Crippen LogP contribution in [0.2, 0.25) is 0 Å². The quantitative estimate of drug-likeness (QED) is 0.821. The number of rotatable bonds is 6. The maximum atomic E-state index is 11.9. The fourth-order valence-electron chi connectivity index (χ4n) is 1.90. The van der Waals surface area contributed by atoms with Gasteiger partial charge in [0.1, 0.15) is 10.3 Å². The lowest BCUT2D eigenvalue weighted by molar-refractivity contribution is 0.0933. The van der Waals surface area contributed by atoms with E-state index in [-0.39, 0.29) is 11.3 Å². The summed E-state index contributed by atoms with van der Waals surface area (Å²) in [5.41, 5.74) is 0.712. The third kappa shape index (κ3) is 3.53. The minimum atomic E-state index is -0.111. The predicted molar refractivity (Wildman–Crippen MR) is 72.4 cm³/mol. The molecule has 1 amide bonds. The molecule has 1 aliphatic carbocycles. The Kier molecular flexibility index (Phi) is 4.35. The lowest BCUT2D eigenvalue weighted by Gasteiger charge is -2.15. The lowest BCUT2D eigenvalue weighted by atomic mass is 10.0. The summed E-state index contributed by atoms with van der Waals surface area (Å²) in [4.78, 5) is 16.1. The average molecular weight is 313 g/mol. The molecule has 98 valence electrons. The molecule has 1 heterocycles. The molecule has 0 aliphatic heterocycles. The highest BCUT2D eigenvalue weighted by molar-refractivity contribution is 9.10. The van der Waals surface area contributed by atoms with Crippen molar-refractivity contribution in [2.75, 3.05) is 20.3 Å². The molecule has 0 spiro atoms. The summed E-state index contributed by atoms with van der Waals surface area (Å²) in [6.45, 7) is 1.47. The summed E-state index contributed by atoms with van der Waals surface area (Å²) in [5.74, 6) is -0.111. The predicted octanol–water partition coefficient (Wildman–Crippen LogP) is 2.39. The van der Waals surface area contributed by atoms with Crippen molar-refractivity contribution in [2.24, 2.45) is 5.41 Å².